The molecule has 1 atom stereocenters. The van der Waals surface area contributed by atoms with Gasteiger partial charge >= 0.3 is 0 Å². The molecule has 1 unspecified atom stereocenters. The van der Waals surface area contributed by atoms with Gasteiger partial charge in [-0.15, -0.1) is 0 Å². The van der Waals surface area contributed by atoms with Crippen molar-refractivity contribution in [2.75, 3.05) is 0 Å². The number of fused-ring (bicyclic) bond motifs is 1. The van der Waals surface area contributed by atoms with Crippen LogP contribution in [-0.4, -0.2) is 20.8 Å². The van der Waals surface area contributed by atoms with Crippen LogP contribution in [-0.2, 0) is 13.0 Å². The van der Waals surface area contributed by atoms with E-state index in [1.807, 2.05) is 65.5 Å². The molecule has 1 aliphatic rings. The molecule has 0 bridgehead atoms. The van der Waals surface area contributed by atoms with Crippen LogP contribution in [0.3, 0.4) is 0 Å². The summed E-state index contributed by atoms with van der Waals surface area (Å²) < 4.78 is 7.37. The van der Waals surface area contributed by atoms with E-state index < -0.39 is 0 Å². The van der Waals surface area contributed by atoms with Crippen LogP contribution in [0.5, 0.6) is 0 Å². The van der Waals surface area contributed by atoms with E-state index in [1.54, 1.807) is 6.92 Å². The van der Waals surface area contributed by atoms with E-state index in [4.69, 9.17) is 16.1 Å². The van der Waals surface area contributed by atoms with Crippen molar-refractivity contribution in [3.63, 3.8) is 0 Å². The summed E-state index contributed by atoms with van der Waals surface area (Å²) in [6.07, 6.45) is 4.63. The number of carbonyl (C=O) groups is 1. The standard InChI is InChI=1S/C25H23ClN4O2/c1-16-23(24(29-32-16)17-8-3-2-4-9-17)25(31)28-21-12-7-13-22-19(21)14-27-30(22)15-18-10-5-6-11-20(18)26/h2-6,8-11,14,21H,7,12-13,15H2,1H3,(H,28,31). The predicted molar refractivity (Wildman–Crippen MR) is 123 cm³/mol. The van der Waals surface area contributed by atoms with Gasteiger partial charge in [0.15, 0.2) is 0 Å². The van der Waals surface area contributed by atoms with Gasteiger partial charge in [0, 0.05) is 21.8 Å². The smallest absolute Gasteiger partial charge is 0.257 e. The van der Waals surface area contributed by atoms with Crippen molar-refractivity contribution < 1.29 is 9.32 Å². The SMILES string of the molecule is Cc1onc(-c2ccccc2)c1C(=O)NC1CCCc2c1cnn2Cc1ccccc1Cl. The number of benzene rings is 2. The van der Waals surface area contributed by atoms with Crippen molar-refractivity contribution in [3.05, 3.63) is 94.0 Å². The lowest BCUT2D eigenvalue weighted by Crippen LogP contribution is -2.31. The zero-order valence-corrected chi connectivity index (χ0v) is 18.5. The third kappa shape index (κ3) is 3.82. The van der Waals surface area contributed by atoms with Crippen molar-refractivity contribution in [2.45, 2.75) is 38.8 Å². The average Bonchev–Trinajstić information content (AvgIpc) is 3.40. The average molecular weight is 447 g/mol. The number of hydrogen-bond acceptors (Lipinski definition) is 4. The molecular formula is C25H23ClN4O2. The molecule has 1 amide bonds. The van der Waals surface area contributed by atoms with Crippen LogP contribution in [0, 0.1) is 6.92 Å². The largest absolute Gasteiger partial charge is 0.360 e. The molecule has 1 N–H and O–H groups in total. The quantitative estimate of drug-likeness (QED) is 0.448. The van der Waals surface area contributed by atoms with Crippen LogP contribution in [0.1, 0.15) is 51.8 Å². The summed E-state index contributed by atoms with van der Waals surface area (Å²) >= 11 is 6.35. The van der Waals surface area contributed by atoms with Crippen LogP contribution in [0.15, 0.2) is 65.3 Å². The van der Waals surface area contributed by atoms with Crippen LogP contribution in [0.25, 0.3) is 11.3 Å². The lowest BCUT2D eigenvalue weighted by Gasteiger charge is -2.24. The first-order valence-electron chi connectivity index (χ1n) is 10.7. The second-order valence-electron chi connectivity index (χ2n) is 8.04. The molecule has 7 heteroatoms. The molecule has 2 aromatic carbocycles. The fourth-order valence-electron chi connectivity index (χ4n) is 4.36. The number of nitrogens with zero attached hydrogens (tertiary/aromatic N) is 3. The Kier molecular flexibility index (Phi) is 5.53. The highest BCUT2D eigenvalue weighted by Crippen LogP contribution is 2.32. The van der Waals surface area contributed by atoms with Crippen LogP contribution in [0.2, 0.25) is 5.02 Å². The van der Waals surface area contributed by atoms with E-state index in [9.17, 15) is 4.79 Å². The molecule has 0 saturated carbocycles. The maximum absolute atomic E-state index is 13.3. The Morgan fingerprint density at radius 2 is 1.97 bits per heavy atom. The fourth-order valence-corrected chi connectivity index (χ4v) is 4.55. The predicted octanol–water partition coefficient (Wildman–Crippen LogP) is 5.36. The van der Waals surface area contributed by atoms with Gasteiger partial charge in [-0.1, -0.05) is 65.3 Å². The normalized spacial score (nSPS) is 15.4. The third-order valence-corrected chi connectivity index (χ3v) is 6.35. The number of carbonyl (C=O) groups excluding carboxylic acids is 1. The molecule has 162 valence electrons. The number of amides is 1. The van der Waals surface area contributed by atoms with E-state index in [-0.39, 0.29) is 11.9 Å². The number of hydrogen-bond donors (Lipinski definition) is 1. The summed E-state index contributed by atoms with van der Waals surface area (Å²) in [7, 11) is 0. The third-order valence-electron chi connectivity index (χ3n) is 5.98. The Bertz CT molecular complexity index is 1260. The Balaban J connectivity index is 1.40. The van der Waals surface area contributed by atoms with Crippen molar-refractivity contribution in [1.82, 2.24) is 20.3 Å². The zero-order chi connectivity index (χ0) is 22.1. The maximum Gasteiger partial charge on any atom is 0.257 e. The maximum atomic E-state index is 13.3. The summed E-state index contributed by atoms with van der Waals surface area (Å²) in [6.45, 7) is 2.38. The number of nitrogens with one attached hydrogen (secondary N) is 1. The monoisotopic (exact) mass is 446 g/mol. The minimum atomic E-state index is -0.181. The molecule has 0 radical (unpaired) electrons. The first-order valence-corrected chi connectivity index (χ1v) is 11.1. The summed E-state index contributed by atoms with van der Waals surface area (Å²) in [5.41, 5.74) is 5.13. The lowest BCUT2D eigenvalue weighted by atomic mass is 9.92. The van der Waals surface area contributed by atoms with Gasteiger partial charge in [-0.25, -0.2) is 0 Å². The summed E-state index contributed by atoms with van der Waals surface area (Å²) in [4.78, 5) is 13.3. The van der Waals surface area contributed by atoms with Crippen molar-refractivity contribution in [1.29, 1.82) is 0 Å². The van der Waals surface area contributed by atoms with E-state index in [0.717, 1.165) is 46.7 Å². The van der Waals surface area contributed by atoms with Gasteiger partial charge in [0.1, 0.15) is 17.0 Å². The highest BCUT2D eigenvalue weighted by atomic mass is 35.5. The highest BCUT2D eigenvalue weighted by Gasteiger charge is 2.29. The Morgan fingerprint density at radius 3 is 2.78 bits per heavy atom. The number of aryl methyl sites for hydroxylation is 1. The first-order chi connectivity index (χ1) is 15.6. The molecule has 0 fully saturated rings. The summed E-state index contributed by atoms with van der Waals surface area (Å²) in [5.74, 6) is 0.325. The van der Waals surface area contributed by atoms with Gasteiger partial charge < -0.3 is 9.84 Å². The molecule has 32 heavy (non-hydrogen) atoms. The van der Waals surface area contributed by atoms with E-state index >= 15 is 0 Å². The topological polar surface area (TPSA) is 73.0 Å². The molecule has 5 rings (SSSR count). The number of aromatic nitrogens is 3. The van der Waals surface area contributed by atoms with Crippen molar-refractivity contribution in [2.24, 2.45) is 0 Å². The minimum absolute atomic E-state index is 0.107. The fraction of sp³-hybridized carbons (Fsp3) is 0.240. The van der Waals surface area contributed by atoms with Crippen molar-refractivity contribution >= 4 is 17.5 Å². The van der Waals surface area contributed by atoms with Crippen molar-refractivity contribution in [3.8, 4) is 11.3 Å². The van der Waals surface area contributed by atoms with Crippen LogP contribution >= 0.6 is 11.6 Å². The summed E-state index contributed by atoms with van der Waals surface area (Å²) in [6, 6.07) is 17.3. The number of rotatable bonds is 5. The first kappa shape index (κ1) is 20.5. The summed E-state index contributed by atoms with van der Waals surface area (Å²) in [5, 5.41) is 12.7. The second-order valence-corrected chi connectivity index (χ2v) is 8.45. The molecule has 0 aliphatic heterocycles. The van der Waals surface area contributed by atoms with E-state index in [0.29, 0.717) is 23.6 Å². The molecule has 4 aromatic rings. The van der Waals surface area contributed by atoms with Gasteiger partial charge in [-0.05, 0) is 37.8 Å². The van der Waals surface area contributed by atoms with Crippen LogP contribution < -0.4 is 5.32 Å². The second kappa shape index (κ2) is 8.63. The van der Waals surface area contributed by atoms with E-state index in [2.05, 4.69) is 15.6 Å². The Morgan fingerprint density at radius 1 is 1.19 bits per heavy atom. The molecule has 0 saturated heterocycles. The van der Waals surface area contributed by atoms with Gasteiger partial charge in [-0.2, -0.15) is 5.10 Å². The van der Waals surface area contributed by atoms with Crippen LogP contribution in [0.4, 0.5) is 0 Å². The Labute approximate surface area is 191 Å². The van der Waals surface area contributed by atoms with Gasteiger partial charge in [0.25, 0.3) is 5.91 Å². The minimum Gasteiger partial charge on any atom is -0.360 e. The van der Waals surface area contributed by atoms with Gasteiger partial charge in [0.2, 0.25) is 0 Å². The molecule has 1 aliphatic carbocycles. The lowest BCUT2D eigenvalue weighted by molar-refractivity contribution is 0.0931. The van der Waals surface area contributed by atoms with Gasteiger partial charge in [-0.3, -0.25) is 9.48 Å². The zero-order valence-electron chi connectivity index (χ0n) is 17.7. The molecule has 2 aromatic heterocycles. The molecule has 2 heterocycles. The molecular weight excluding hydrogens is 424 g/mol. The highest BCUT2D eigenvalue weighted by molar-refractivity contribution is 6.31. The molecule has 6 nitrogen and oxygen atoms in total. The Hall–Kier alpha value is -3.38. The number of halogens is 1. The molecule has 0 spiro atoms. The van der Waals surface area contributed by atoms with E-state index in [1.165, 1.54) is 0 Å². The van der Waals surface area contributed by atoms with Gasteiger partial charge in [0.05, 0.1) is 18.8 Å².